The number of nitrogens with zero attached hydrogens (tertiary/aromatic N) is 6. The third kappa shape index (κ3) is 4.24. The molecule has 5 heterocycles. The maximum atomic E-state index is 13.5. The average Bonchev–Trinajstić information content (AvgIpc) is 3.21. The Labute approximate surface area is 195 Å². The van der Waals surface area contributed by atoms with E-state index in [1.165, 1.54) is 32.4 Å². The molecule has 0 radical (unpaired) electrons. The molecule has 0 saturated carbocycles. The lowest BCUT2D eigenvalue weighted by atomic mass is 9.99. The molecular weight excluding hydrogens is 420 g/mol. The van der Waals surface area contributed by atoms with E-state index in [9.17, 15) is 4.79 Å². The molecule has 3 aliphatic rings. The third-order valence-corrected chi connectivity index (χ3v) is 8.87. The number of aromatic nitrogens is 2. The Morgan fingerprint density at radius 1 is 1.00 bits per heavy atom. The van der Waals surface area contributed by atoms with Crippen molar-refractivity contribution in [3.63, 3.8) is 0 Å². The Bertz CT molecular complexity index is 939. The minimum Gasteiger partial charge on any atom is -0.353 e. The Morgan fingerprint density at radius 3 is 2.41 bits per heavy atom. The molecule has 0 unspecified atom stereocenters. The number of likely N-dealkylation sites (N-methyl/N-ethyl adjacent to an activating group) is 1. The SMILES string of the molecule is CCN1CCN(c2ncnc3sc(C(=O)N4CCC(N5CCCCC5)CC4)c(C)c23)CC1. The largest absolute Gasteiger partial charge is 0.353 e. The molecule has 0 spiro atoms. The minimum atomic E-state index is 0.185. The summed E-state index contributed by atoms with van der Waals surface area (Å²) in [4.78, 5) is 34.1. The van der Waals surface area contributed by atoms with Crippen LogP contribution < -0.4 is 4.90 Å². The molecule has 0 bridgehead atoms. The van der Waals surface area contributed by atoms with E-state index in [1.54, 1.807) is 17.7 Å². The number of carbonyl (C=O) groups is 1. The van der Waals surface area contributed by atoms with Crippen LogP contribution in [0.3, 0.4) is 0 Å². The predicted octanol–water partition coefficient (Wildman–Crippen LogP) is 3.23. The first kappa shape index (κ1) is 22.0. The molecule has 2 aromatic heterocycles. The van der Waals surface area contributed by atoms with Gasteiger partial charge in [0.2, 0.25) is 0 Å². The van der Waals surface area contributed by atoms with E-state index < -0.39 is 0 Å². The zero-order chi connectivity index (χ0) is 22.1. The number of rotatable bonds is 4. The molecule has 0 aromatic carbocycles. The van der Waals surface area contributed by atoms with Crippen molar-refractivity contribution in [2.45, 2.75) is 52.0 Å². The van der Waals surface area contributed by atoms with Gasteiger partial charge >= 0.3 is 0 Å². The molecule has 8 heteroatoms. The monoisotopic (exact) mass is 456 g/mol. The summed E-state index contributed by atoms with van der Waals surface area (Å²) in [5, 5.41) is 1.08. The normalized spacial score (nSPS) is 22.1. The zero-order valence-electron chi connectivity index (χ0n) is 19.6. The summed E-state index contributed by atoms with van der Waals surface area (Å²) in [5.41, 5.74) is 1.06. The second-order valence-corrected chi connectivity index (χ2v) is 10.5. The van der Waals surface area contributed by atoms with Crippen molar-refractivity contribution in [2.24, 2.45) is 0 Å². The fourth-order valence-electron chi connectivity index (χ4n) is 5.63. The number of aryl methyl sites for hydroxylation is 1. The molecular formula is C24H36N6OS. The van der Waals surface area contributed by atoms with Gasteiger partial charge in [0.05, 0.1) is 10.3 Å². The van der Waals surface area contributed by atoms with E-state index >= 15 is 0 Å². The summed E-state index contributed by atoms with van der Waals surface area (Å²) in [6.45, 7) is 13.7. The Kier molecular flexibility index (Phi) is 6.62. The number of thiophene rings is 1. The number of piperidine rings is 2. The van der Waals surface area contributed by atoms with E-state index in [4.69, 9.17) is 0 Å². The second-order valence-electron chi connectivity index (χ2n) is 9.47. The highest BCUT2D eigenvalue weighted by Gasteiger charge is 2.31. The predicted molar refractivity (Wildman–Crippen MR) is 131 cm³/mol. The van der Waals surface area contributed by atoms with Gasteiger partial charge in [-0.2, -0.15) is 0 Å². The number of amides is 1. The van der Waals surface area contributed by atoms with Crippen LogP contribution in [0, 0.1) is 6.92 Å². The van der Waals surface area contributed by atoms with Gasteiger partial charge in [-0.05, 0) is 57.8 Å². The first-order valence-electron chi connectivity index (χ1n) is 12.4. The maximum Gasteiger partial charge on any atom is 0.264 e. The summed E-state index contributed by atoms with van der Waals surface area (Å²) in [6.07, 6.45) is 7.90. The lowest BCUT2D eigenvalue weighted by Gasteiger charge is -2.40. The van der Waals surface area contributed by atoms with Crippen molar-refractivity contribution < 1.29 is 4.79 Å². The van der Waals surface area contributed by atoms with Crippen LogP contribution in [-0.4, -0.2) is 95.5 Å². The van der Waals surface area contributed by atoms with Crippen molar-refractivity contribution in [1.82, 2.24) is 24.7 Å². The Morgan fingerprint density at radius 2 is 1.72 bits per heavy atom. The fourth-order valence-corrected chi connectivity index (χ4v) is 6.75. The molecule has 3 aliphatic heterocycles. The highest BCUT2D eigenvalue weighted by molar-refractivity contribution is 7.20. The van der Waals surface area contributed by atoms with Gasteiger partial charge < -0.3 is 19.6 Å². The summed E-state index contributed by atoms with van der Waals surface area (Å²) < 4.78 is 0. The summed E-state index contributed by atoms with van der Waals surface area (Å²) >= 11 is 1.55. The van der Waals surface area contributed by atoms with Gasteiger partial charge in [-0.3, -0.25) is 4.79 Å². The molecule has 7 nitrogen and oxygen atoms in total. The van der Waals surface area contributed by atoms with Crippen molar-refractivity contribution in [3.05, 3.63) is 16.8 Å². The average molecular weight is 457 g/mol. The van der Waals surface area contributed by atoms with Crippen LogP contribution in [0.25, 0.3) is 10.2 Å². The molecule has 5 rings (SSSR count). The molecule has 3 fully saturated rings. The van der Waals surface area contributed by atoms with Crippen molar-refractivity contribution in [3.8, 4) is 0 Å². The molecule has 0 aliphatic carbocycles. The molecule has 0 N–H and O–H groups in total. The third-order valence-electron chi connectivity index (χ3n) is 7.68. The van der Waals surface area contributed by atoms with Gasteiger partial charge in [-0.15, -0.1) is 11.3 Å². The first-order valence-corrected chi connectivity index (χ1v) is 13.2. The molecule has 32 heavy (non-hydrogen) atoms. The van der Waals surface area contributed by atoms with Crippen LogP contribution in [0.5, 0.6) is 0 Å². The number of piperazine rings is 1. The van der Waals surface area contributed by atoms with Crippen LogP contribution in [0.1, 0.15) is 54.3 Å². The van der Waals surface area contributed by atoms with Gasteiger partial charge in [0.15, 0.2) is 0 Å². The van der Waals surface area contributed by atoms with Crippen LogP contribution in [-0.2, 0) is 0 Å². The van der Waals surface area contributed by atoms with Crippen molar-refractivity contribution >= 4 is 33.3 Å². The number of hydrogen-bond acceptors (Lipinski definition) is 7. The fraction of sp³-hybridized carbons (Fsp3) is 0.708. The first-order chi connectivity index (χ1) is 15.7. The second kappa shape index (κ2) is 9.61. The lowest BCUT2D eigenvalue weighted by molar-refractivity contribution is 0.0593. The number of fused-ring (bicyclic) bond motifs is 1. The van der Waals surface area contributed by atoms with Crippen molar-refractivity contribution in [2.75, 3.05) is 63.8 Å². The van der Waals surface area contributed by atoms with Gasteiger partial charge in [0.25, 0.3) is 5.91 Å². The van der Waals surface area contributed by atoms with Crippen LogP contribution in [0.4, 0.5) is 5.82 Å². The zero-order valence-corrected chi connectivity index (χ0v) is 20.4. The summed E-state index contributed by atoms with van der Waals surface area (Å²) in [6, 6.07) is 0.655. The van der Waals surface area contributed by atoms with Gasteiger partial charge in [-0.1, -0.05) is 13.3 Å². The highest BCUT2D eigenvalue weighted by atomic mass is 32.1. The molecule has 1 amide bonds. The van der Waals surface area contributed by atoms with Crippen LogP contribution >= 0.6 is 11.3 Å². The summed E-state index contributed by atoms with van der Waals surface area (Å²) in [5.74, 6) is 1.19. The van der Waals surface area contributed by atoms with Crippen LogP contribution in [0.15, 0.2) is 6.33 Å². The van der Waals surface area contributed by atoms with Gasteiger partial charge in [-0.25, -0.2) is 9.97 Å². The van der Waals surface area contributed by atoms with E-state index in [-0.39, 0.29) is 5.91 Å². The number of carbonyl (C=O) groups excluding carboxylic acids is 1. The van der Waals surface area contributed by atoms with Crippen LogP contribution in [0.2, 0.25) is 0 Å². The molecule has 174 valence electrons. The minimum absolute atomic E-state index is 0.185. The van der Waals surface area contributed by atoms with Gasteiger partial charge in [0.1, 0.15) is 17.0 Å². The highest BCUT2D eigenvalue weighted by Crippen LogP contribution is 2.36. The Hall–Kier alpha value is -1.77. The number of likely N-dealkylation sites (tertiary alicyclic amines) is 2. The quantitative estimate of drug-likeness (QED) is 0.704. The van der Waals surface area contributed by atoms with E-state index in [2.05, 4.69) is 43.4 Å². The standard InChI is InChI=1S/C24H36N6OS/c1-3-27-13-15-29(16-14-27)22-20-18(2)21(32-23(20)26-17-25-22)24(31)30-11-7-19(8-12-30)28-9-5-4-6-10-28/h17,19H,3-16H2,1-2H3. The number of anilines is 1. The van der Waals surface area contributed by atoms with E-state index in [1.807, 2.05) is 0 Å². The molecule has 0 atom stereocenters. The topological polar surface area (TPSA) is 55.8 Å². The molecule has 2 aromatic rings. The Balaban J connectivity index is 1.31. The maximum absolute atomic E-state index is 13.5. The van der Waals surface area contributed by atoms with E-state index in [0.29, 0.717) is 6.04 Å². The smallest absolute Gasteiger partial charge is 0.264 e. The number of hydrogen-bond donors (Lipinski definition) is 0. The lowest BCUT2D eigenvalue weighted by Crippen LogP contribution is -2.48. The van der Waals surface area contributed by atoms with Crippen molar-refractivity contribution in [1.29, 1.82) is 0 Å². The molecule has 3 saturated heterocycles. The van der Waals surface area contributed by atoms with E-state index in [0.717, 1.165) is 85.1 Å². The van der Waals surface area contributed by atoms with Gasteiger partial charge in [0, 0.05) is 45.3 Å². The summed E-state index contributed by atoms with van der Waals surface area (Å²) in [7, 11) is 0.